The predicted molar refractivity (Wildman–Crippen MR) is 96.8 cm³/mol. The van der Waals surface area contributed by atoms with Crippen LogP contribution in [-0.2, 0) is 16.1 Å². The minimum absolute atomic E-state index is 0.178. The van der Waals surface area contributed by atoms with Crippen LogP contribution in [0.2, 0.25) is 0 Å². The molecule has 0 saturated carbocycles. The fraction of sp³-hybridized carbons (Fsp3) is 0.235. The van der Waals surface area contributed by atoms with Crippen molar-refractivity contribution in [1.82, 2.24) is 4.57 Å². The van der Waals surface area contributed by atoms with E-state index in [0.29, 0.717) is 27.7 Å². The molecule has 1 amide bonds. The molecule has 0 atom stereocenters. The van der Waals surface area contributed by atoms with Crippen LogP contribution in [-0.4, -0.2) is 30.3 Å². The molecule has 0 spiro atoms. The zero-order valence-corrected chi connectivity index (χ0v) is 15.4. The number of hydrogen-bond acceptors (Lipinski definition) is 7. The van der Waals surface area contributed by atoms with E-state index in [1.165, 1.54) is 29.8 Å². The topological polar surface area (TPSA) is 79.1 Å². The van der Waals surface area contributed by atoms with E-state index < -0.39 is 0 Å². The molecule has 7 nitrogen and oxygen atoms in total. The summed E-state index contributed by atoms with van der Waals surface area (Å²) < 4.78 is 18.3. The molecule has 1 aromatic carbocycles. The second kappa shape index (κ2) is 6.93. The van der Waals surface area contributed by atoms with Crippen molar-refractivity contribution in [2.45, 2.75) is 13.0 Å². The van der Waals surface area contributed by atoms with Crippen molar-refractivity contribution in [3.8, 4) is 11.5 Å². The Labute approximate surface area is 156 Å². The van der Waals surface area contributed by atoms with Crippen LogP contribution in [0.5, 0.6) is 11.5 Å². The summed E-state index contributed by atoms with van der Waals surface area (Å²) in [6, 6.07) is 7.26. The molecule has 0 unspecified atom stereocenters. The molecular formula is C17H14N2O5S2. The first kappa shape index (κ1) is 16.8. The van der Waals surface area contributed by atoms with Crippen molar-refractivity contribution in [3.05, 3.63) is 39.3 Å². The molecule has 1 aliphatic heterocycles. The molecule has 0 saturated heterocycles. The fourth-order valence-electron chi connectivity index (χ4n) is 2.61. The van der Waals surface area contributed by atoms with E-state index >= 15 is 0 Å². The van der Waals surface area contributed by atoms with Gasteiger partial charge in [-0.1, -0.05) is 17.4 Å². The summed E-state index contributed by atoms with van der Waals surface area (Å²) in [4.78, 5) is 29.3. The Morgan fingerprint density at radius 2 is 2.12 bits per heavy atom. The minimum atomic E-state index is -0.326. The van der Waals surface area contributed by atoms with Gasteiger partial charge in [0.25, 0.3) is 5.91 Å². The van der Waals surface area contributed by atoms with Crippen molar-refractivity contribution < 1.29 is 23.8 Å². The number of carbonyl (C=O) groups excluding carboxylic acids is 2. The number of thiophene rings is 1. The van der Waals surface area contributed by atoms with Crippen LogP contribution in [0.1, 0.15) is 16.1 Å². The SMILES string of the molecule is COC(=O)CCn1c(=NC(=O)c2cccs2)sc2cc3c(cc21)OCO3. The maximum absolute atomic E-state index is 12.4. The number of nitrogens with zero attached hydrogens (tertiary/aromatic N) is 2. The van der Waals surface area contributed by atoms with E-state index in [9.17, 15) is 9.59 Å². The van der Waals surface area contributed by atoms with Crippen LogP contribution in [0.15, 0.2) is 34.6 Å². The average Bonchev–Trinajstić information content (AvgIpc) is 3.37. The smallest absolute Gasteiger partial charge is 0.307 e. The lowest BCUT2D eigenvalue weighted by Crippen LogP contribution is -2.19. The Kier molecular flexibility index (Phi) is 4.48. The summed E-state index contributed by atoms with van der Waals surface area (Å²) >= 11 is 2.71. The maximum Gasteiger partial charge on any atom is 0.307 e. The van der Waals surface area contributed by atoms with Crippen molar-refractivity contribution in [1.29, 1.82) is 0 Å². The quantitative estimate of drug-likeness (QED) is 0.640. The molecule has 0 N–H and O–H groups in total. The Hall–Kier alpha value is -2.65. The molecule has 4 rings (SSSR count). The summed E-state index contributed by atoms with van der Waals surface area (Å²) in [5, 5.41) is 1.83. The Bertz CT molecular complexity index is 1050. The van der Waals surface area contributed by atoms with Crippen LogP contribution in [0.4, 0.5) is 0 Å². The van der Waals surface area contributed by atoms with Crippen LogP contribution >= 0.6 is 22.7 Å². The zero-order valence-electron chi connectivity index (χ0n) is 13.8. The van der Waals surface area contributed by atoms with E-state index in [-0.39, 0.29) is 25.1 Å². The van der Waals surface area contributed by atoms with Gasteiger partial charge in [0.15, 0.2) is 16.3 Å². The van der Waals surface area contributed by atoms with E-state index in [1.54, 1.807) is 6.07 Å². The van der Waals surface area contributed by atoms with Crippen LogP contribution < -0.4 is 14.3 Å². The number of ether oxygens (including phenoxy) is 3. The van der Waals surface area contributed by atoms with Crippen LogP contribution in [0, 0.1) is 0 Å². The summed E-state index contributed by atoms with van der Waals surface area (Å²) in [6.45, 7) is 0.533. The third kappa shape index (κ3) is 3.11. The monoisotopic (exact) mass is 390 g/mol. The van der Waals surface area contributed by atoms with Gasteiger partial charge in [-0.15, -0.1) is 11.3 Å². The van der Waals surface area contributed by atoms with Crippen molar-refractivity contribution in [3.63, 3.8) is 0 Å². The van der Waals surface area contributed by atoms with Gasteiger partial charge in [0.2, 0.25) is 6.79 Å². The van der Waals surface area contributed by atoms with Gasteiger partial charge in [-0.05, 0) is 11.4 Å². The average molecular weight is 390 g/mol. The molecule has 1 aliphatic rings. The number of benzene rings is 1. The molecule has 2 aromatic heterocycles. The number of aryl methyl sites for hydroxylation is 1. The number of aromatic nitrogens is 1. The maximum atomic E-state index is 12.4. The van der Waals surface area contributed by atoms with E-state index in [0.717, 1.165) is 10.2 Å². The van der Waals surface area contributed by atoms with Gasteiger partial charge in [0.1, 0.15) is 0 Å². The number of esters is 1. The highest BCUT2D eigenvalue weighted by molar-refractivity contribution is 7.16. The lowest BCUT2D eigenvalue weighted by molar-refractivity contribution is -0.140. The molecule has 0 radical (unpaired) electrons. The van der Waals surface area contributed by atoms with Gasteiger partial charge in [0, 0.05) is 18.7 Å². The molecule has 0 bridgehead atoms. The Morgan fingerprint density at radius 1 is 1.31 bits per heavy atom. The van der Waals surface area contributed by atoms with Gasteiger partial charge < -0.3 is 18.8 Å². The summed E-state index contributed by atoms with van der Waals surface area (Å²) in [6.07, 6.45) is 0.178. The van der Waals surface area contributed by atoms with Gasteiger partial charge in [-0.2, -0.15) is 4.99 Å². The molecule has 134 valence electrons. The van der Waals surface area contributed by atoms with Gasteiger partial charge in [0.05, 0.1) is 28.6 Å². The molecule has 0 aliphatic carbocycles. The lowest BCUT2D eigenvalue weighted by atomic mass is 10.3. The van der Waals surface area contributed by atoms with E-state index in [1.807, 2.05) is 28.1 Å². The van der Waals surface area contributed by atoms with E-state index in [4.69, 9.17) is 14.2 Å². The highest BCUT2D eigenvalue weighted by Gasteiger charge is 2.18. The highest BCUT2D eigenvalue weighted by atomic mass is 32.1. The molecule has 0 fully saturated rings. The van der Waals surface area contributed by atoms with Gasteiger partial charge in [-0.3, -0.25) is 9.59 Å². The number of carbonyl (C=O) groups is 2. The predicted octanol–water partition coefficient (Wildman–Crippen LogP) is 2.80. The second-order valence-corrected chi connectivity index (χ2v) is 7.39. The largest absolute Gasteiger partial charge is 0.469 e. The molecule has 26 heavy (non-hydrogen) atoms. The second-order valence-electron chi connectivity index (χ2n) is 5.43. The molecule has 3 aromatic rings. The third-order valence-electron chi connectivity index (χ3n) is 3.87. The Balaban J connectivity index is 1.82. The van der Waals surface area contributed by atoms with Crippen molar-refractivity contribution in [2.75, 3.05) is 13.9 Å². The van der Waals surface area contributed by atoms with Crippen LogP contribution in [0.3, 0.4) is 0 Å². The van der Waals surface area contributed by atoms with Gasteiger partial charge in [-0.25, -0.2) is 0 Å². The molecular weight excluding hydrogens is 376 g/mol. The summed E-state index contributed by atoms with van der Waals surface area (Å²) in [5.74, 6) is 0.666. The van der Waals surface area contributed by atoms with Crippen LogP contribution in [0.25, 0.3) is 10.2 Å². The number of rotatable bonds is 4. The number of fused-ring (bicyclic) bond motifs is 2. The number of amides is 1. The normalized spacial score (nSPS) is 13.3. The standard InChI is InChI=1S/C17H14N2O5S2/c1-22-15(20)4-5-19-10-7-11-12(24-9-23-11)8-14(10)26-17(19)18-16(21)13-3-2-6-25-13/h2-3,6-8H,4-5,9H2,1H3. The zero-order chi connectivity index (χ0) is 18.1. The first-order valence-electron chi connectivity index (χ1n) is 7.78. The first-order valence-corrected chi connectivity index (χ1v) is 9.47. The summed E-state index contributed by atoms with van der Waals surface area (Å²) in [5.41, 5.74) is 0.834. The molecule has 9 heteroatoms. The molecule has 3 heterocycles. The number of hydrogen-bond donors (Lipinski definition) is 0. The fourth-order valence-corrected chi connectivity index (χ4v) is 4.28. The number of thiazole rings is 1. The highest BCUT2D eigenvalue weighted by Crippen LogP contribution is 2.37. The lowest BCUT2D eigenvalue weighted by Gasteiger charge is -2.05. The first-order chi connectivity index (χ1) is 12.7. The number of methoxy groups -OCH3 is 1. The Morgan fingerprint density at radius 3 is 2.85 bits per heavy atom. The van der Waals surface area contributed by atoms with Crippen molar-refractivity contribution >= 4 is 44.8 Å². The summed E-state index contributed by atoms with van der Waals surface area (Å²) in [7, 11) is 1.35. The van der Waals surface area contributed by atoms with E-state index in [2.05, 4.69) is 4.99 Å². The van der Waals surface area contributed by atoms with Gasteiger partial charge >= 0.3 is 5.97 Å². The minimum Gasteiger partial charge on any atom is -0.469 e. The third-order valence-corrected chi connectivity index (χ3v) is 5.77. The van der Waals surface area contributed by atoms with Crippen molar-refractivity contribution in [2.24, 2.45) is 4.99 Å².